The molecule has 2 rings (SSSR count). The predicted octanol–water partition coefficient (Wildman–Crippen LogP) is 1.14. The minimum Gasteiger partial charge on any atom is -0.481 e. The van der Waals surface area contributed by atoms with E-state index in [0.717, 1.165) is 10.5 Å². The van der Waals surface area contributed by atoms with Crippen molar-refractivity contribution < 1.29 is 19.5 Å². The van der Waals surface area contributed by atoms with Gasteiger partial charge in [0.25, 0.3) is 5.91 Å². The van der Waals surface area contributed by atoms with Crippen molar-refractivity contribution in [3.63, 3.8) is 0 Å². The average molecular weight is 276 g/mol. The minimum atomic E-state index is -0.895. The molecule has 1 heterocycles. The van der Waals surface area contributed by atoms with Crippen molar-refractivity contribution in [2.24, 2.45) is 0 Å². The van der Waals surface area contributed by atoms with Crippen molar-refractivity contribution in [3.8, 4) is 0 Å². The topological polar surface area (TPSA) is 86.7 Å². The summed E-state index contributed by atoms with van der Waals surface area (Å²) in [6.45, 7) is 3.49. The number of carboxylic acids is 1. The smallest absolute Gasteiger partial charge is 0.325 e. The van der Waals surface area contributed by atoms with E-state index in [1.54, 1.807) is 38.1 Å². The fourth-order valence-corrected chi connectivity index (χ4v) is 2.08. The number of amides is 3. The highest BCUT2D eigenvalue weighted by Gasteiger charge is 2.43. The first-order valence-corrected chi connectivity index (χ1v) is 6.23. The van der Waals surface area contributed by atoms with E-state index in [1.165, 1.54) is 0 Å². The van der Waals surface area contributed by atoms with Gasteiger partial charge in [-0.25, -0.2) is 4.79 Å². The third kappa shape index (κ3) is 2.79. The molecule has 0 aliphatic carbocycles. The number of carboxylic acid groups (broad SMARTS) is 1. The van der Waals surface area contributed by atoms with Gasteiger partial charge in [0.2, 0.25) is 0 Å². The molecule has 3 amide bonds. The lowest BCUT2D eigenvalue weighted by atomic mass is 10.1. The van der Waals surface area contributed by atoms with Crippen molar-refractivity contribution in [1.82, 2.24) is 10.2 Å². The molecule has 0 radical (unpaired) electrons. The molecule has 0 saturated carbocycles. The summed E-state index contributed by atoms with van der Waals surface area (Å²) in [7, 11) is 0. The van der Waals surface area contributed by atoms with Crippen LogP contribution in [0.2, 0.25) is 0 Å². The molecular formula is C14H16N2O4. The van der Waals surface area contributed by atoms with Crippen molar-refractivity contribution >= 4 is 17.9 Å². The second kappa shape index (κ2) is 4.96. The number of carbonyl (C=O) groups excluding carboxylic acids is 2. The van der Waals surface area contributed by atoms with Crippen LogP contribution < -0.4 is 5.32 Å². The lowest BCUT2D eigenvalue weighted by molar-refractivity contribution is -0.136. The van der Waals surface area contributed by atoms with E-state index in [1.807, 2.05) is 0 Å². The van der Waals surface area contributed by atoms with Gasteiger partial charge in [-0.3, -0.25) is 14.5 Å². The van der Waals surface area contributed by atoms with Gasteiger partial charge in [0.1, 0.15) is 5.54 Å². The zero-order chi connectivity index (χ0) is 14.9. The predicted molar refractivity (Wildman–Crippen MR) is 70.9 cm³/mol. The number of benzene rings is 1. The van der Waals surface area contributed by atoms with Crippen LogP contribution in [0.15, 0.2) is 24.3 Å². The minimum absolute atomic E-state index is 0.0452. The van der Waals surface area contributed by atoms with Crippen LogP contribution >= 0.6 is 0 Å². The number of imide groups is 1. The van der Waals surface area contributed by atoms with E-state index in [9.17, 15) is 14.4 Å². The van der Waals surface area contributed by atoms with E-state index in [0.29, 0.717) is 5.56 Å². The van der Waals surface area contributed by atoms with Crippen molar-refractivity contribution in [1.29, 1.82) is 0 Å². The van der Waals surface area contributed by atoms with Gasteiger partial charge in [0, 0.05) is 0 Å². The lowest BCUT2D eigenvalue weighted by Gasteiger charge is -2.16. The van der Waals surface area contributed by atoms with Crippen LogP contribution in [-0.4, -0.2) is 33.5 Å². The van der Waals surface area contributed by atoms with Crippen LogP contribution in [0, 0.1) is 0 Å². The molecule has 6 nitrogen and oxygen atoms in total. The van der Waals surface area contributed by atoms with Crippen LogP contribution in [0.4, 0.5) is 4.79 Å². The van der Waals surface area contributed by atoms with Gasteiger partial charge in [-0.1, -0.05) is 24.3 Å². The first-order valence-electron chi connectivity index (χ1n) is 6.23. The van der Waals surface area contributed by atoms with E-state index in [4.69, 9.17) is 5.11 Å². The first kappa shape index (κ1) is 14.0. The van der Waals surface area contributed by atoms with Gasteiger partial charge in [0.05, 0.1) is 13.0 Å². The molecule has 0 bridgehead atoms. The van der Waals surface area contributed by atoms with Crippen LogP contribution in [0.25, 0.3) is 0 Å². The molecule has 1 aromatic rings. The third-order valence-corrected chi connectivity index (χ3v) is 3.16. The van der Waals surface area contributed by atoms with Crippen molar-refractivity contribution in [2.45, 2.75) is 32.4 Å². The van der Waals surface area contributed by atoms with Gasteiger partial charge in [0.15, 0.2) is 0 Å². The summed E-state index contributed by atoms with van der Waals surface area (Å²) in [6, 6.07) is 6.42. The highest BCUT2D eigenvalue weighted by molar-refractivity contribution is 6.06. The Labute approximate surface area is 116 Å². The standard InChI is InChI=1S/C14H16N2O4/c1-14(2)12(19)16(13(20)15-14)8-10-5-3-9(4-6-10)7-11(17)18/h3-6H,7-8H2,1-2H3,(H,15,20)(H,17,18). The summed E-state index contributed by atoms with van der Waals surface area (Å²) in [5, 5.41) is 11.3. The van der Waals surface area contributed by atoms with Gasteiger partial charge < -0.3 is 10.4 Å². The molecule has 1 aliphatic heterocycles. The molecule has 1 saturated heterocycles. The Balaban J connectivity index is 2.09. The van der Waals surface area contributed by atoms with Gasteiger partial charge >= 0.3 is 12.0 Å². The highest BCUT2D eigenvalue weighted by atomic mass is 16.4. The first-order chi connectivity index (χ1) is 9.29. The Morgan fingerprint density at radius 2 is 1.75 bits per heavy atom. The SMILES string of the molecule is CC1(C)NC(=O)N(Cc2ccc(CC(=O)O)cc2)C1=O. The Bertz CT molecular complexity index is 563. The zero-order valence-electron chi connectivity index (χ0n) is 11.3. The summed E-state index contributed by atoms with van der Waals surface area (Å²) in [5.74, 6) is -1.16. The van der Waals surface area contributed by atoms with Crippen LogP contribution in [0.5, 0.6) is 0 Å². The van der Waals surface area contributed by atoms with Gasteiger partial charge in [-0.15, -0.1) is 0 Å². The molecule has 0 spiro atoms. The van der Waals surface area contributed by atoms with Crippen LogP contribution in [0.3, 0.4) is 0 Å². The maximum Gasteiger partial charge on any atom is 0.325 e. The Kier molecular flexibility index (Phi) is 3.48. The number of nitrogens with zero attached hydrogens (tertiary/aromatic N) is 1. The second-order valence-corrected chi connectivity index (χ2v) is 5.33. The normalized spacial score (nSPS) is 17.2. The van der Waals surface area contributed by atoms with Gasteiger partial charge in [-0.05, 0) is 25.0 Å². The molecule has 6 heteroatoms. The Hall–Kier alpha value is -2.37. The van der Waals surface area contributed by atoms with E-state index in [-0.39, 0.29) is 18.9 Å². The number of hydrogen-bond acceptors (Lipinski definition) is 3. The highest BCUT2D eigenvalue weighted by Crippen LogP contribution is 2.19. The molecule has 0 unspecified atom stereocenters. The molecule has 1 aliphatic rings. The molecule has 1 aromatic carbocycles. The third-order valence-electron chi connectivity index (χ3n) is 3.16. The Morgan fingerprint density at radius 3 is 2.20 bits per heavy atom. The molecule has 0 aromatic heterocycles. The maximum atomic E-state index is 12.0. The molecule has 2 N–H and O–H groups in total. The summed E-state index contributed by atoms with van der Waals surface area (Å²) < 4.78 is 0. The number of rotatable bonds is 4. The summed E-state index contributed by atoms with van der Waals surface area (Å²) in [4.78, 5) is 35.5. The summed E-state index contributed by atoms with van der Waals surface area (Å²) in [6.07, 6.45) is -0.0452. The van der Waals surface area contributed by atoms with Crippen LogP contribution in [0.1, 0.15) is 25.0 Å². The zero-order valence-corrected chi connectivity index (χ0v) is 11.3. The fraction of sp³-hybridized carbons (Fsp3) is 0.357. The fourth-order valence-electron chi connectivity index (χ4n) is 2.08. The number of carbonyl (C=O) groups is 3. The van der Waals surface area contributed by atoms with Crippen molar-refractivity contribution in [2.75, 3.05) is 0 Å². The molecule has 1 fully saturated rings. The number of urea groups is 1. The average Bonchev–Trinajstić information content (AvgIpc) is 2.53. The largest absolute Gasteiger partial charge is 0.481 e. The van der Waals surface area contributed by atoms with Crippen molar-refractivity contribution in [3.05, 3.63) is 35.4 Å². The number of nitrogens with one attached hydrogen (secondary N) is 1. The lowest BCUT2D eigenvalue weighted by Crippen LogP contribution is -2.40. The van der Waals surface area contributed by atoms with Gasteiger partial charge in [-0.2, -0.15) is 0 Å². The monoisotopic (exact) mass is 276 g/mol. The molecule has 106 valence electrons. The maximum absolute atomic E-state index is 12.0. The number of aliphatic carboxylic acids is 1. The summed E-state index contributed by atoms with van der Waals surface area (Å²) in [5.41, 5.74) is 0.583. The number of hydrogen-bond donors (Lipinski definition) is 2. The van der Waals surface area contributed by atoms with E-state index < -0.39 is 17.5 Å². The molecule has 0 atom stereocenters. The Morgan fingerprint density at radius 1 is 1.20 bits per heavy atom. The van der Waals surface area contributed by atoms with E-state index in [2.05, 4.69) is 5.32 Å². The quantitative estimate of drug-likeness (QED) is 0.807. The molecular weight excluding hydrogens is 260 g/mol. The second-order valence-electron chi connectivity index (χ2n) is 5.33. The van der Waals surface area contributed by atoms with Crippen LogP contribution in [-0.2, 0) is 22.6 Å². The summed E-state index contributed by atoms with van der Waals surface area (Å²) >= 11 is 0. The molecule has 20 heavy (non-hydrogen) atoms. The van der Waals surface area contributed by atoms with E-state index >= 15 is 0 Å².